The van der Waals surface area contributed by atoms with Gasteiger partial charge >= 0.3 is 5.97 Å². The van der Waals surface area contributed by atoms with Crippen molar-refractivity contribution >= 4 is 17.0 Å². The van der Waals surface area contributed by atoms with Gasteiger partial charge in [-0.25, -0.2) is 14.8 Å². The molecule has 0 aliphatic heterocycles. The smallest absolute Gasteiger partial charge is 0.335 e. The van der Waals surface area contributed by atoms with Crippen LogP contribution in [0.5, 0.6) is 0 Å². The monoisotopic (exact) mass is 270 g/mol. The molecule has 0 unspecified atom stereocenters. The van der Waals surface area contributed by atoms with Crippen LogP contribution in [0.1, 0.15) is 16.2 Å². The minimum atomic E-state index is -0.927. The van der Waals surface area contributed by atoms with Crippen molar-refractivity contribution in [1.29, 1.82) is 0 Å². The zero-order chi connectivity index (χ0) is 14.1. The van der Waals surface area contributed by atoms with Crippen molar-refractivity contribution in [2.75, 3.05) is 0 Å². The first-order valence-electron chi connectivity index (χ1n) is 6.29. The van der Waals surface area contributed by atoms with Gasteiger partial charge in [0.15, 0.2) is 0 Å². The van der Waals surface area contributed by atoms with E-state index in [-0.39, 0.29) is 5.56 Å². The number of carboxylic acid groups (broad SMARTS) is 1. The Kier molecular flexibility index (Phi) is 2.98. The van der Waals surface area contributed by atoms with E-state index in [0.717, 1.165) is 23.3 Å². The highest BCUT2D eigenvalue weighted by Crippen LogP contribution is 2.15. The van der Waals surface area contributed by atoms with Gasteiger partial charge in [-0.15, -0.1) is 0 Å². The van der Waals surface area contributed by atoms with Crippen LogP contribution in [0.3, 0.4) is 0 Å². The fraction of sp³-hybridized carbons (Fsp3) is 0.214. The Hall–Kier alpha value is -2.63. The summed E-state index contributed by atoms with van der Waals surface area (Å²) in [6, 6.07) is 4.96. The van der Waals surface area contributed by atoms with E-state index in [1.165, 1.54) is 0 Å². The van der Waals surface area contributed by atoms with Gasteiger partial charge in [-0.2, -0.15) is 0 Å². The van der Waals surface area contributed by atoms with Gasteiger partial charge in [0.05, 0.1) is 22.9 Å². The van der Waals surface area contributed by atoms with E-state index in [1.807, 2.05) is 22.4 Å². The fourth-order valence-electron chi connectivity index (χ4n) is 2.23. The molecule has 6 nitrogen and oxygen atoms in total. The molecule has 0 fully saturated rings. The maximum atomic E-state index is 11.0. The van der Waals surface area contributed by atoms with Crippen molar-refractivity contribution in [2.24, 2.45) is 7.05 Å². The average Bonchev–Trinajstić information content (AvgIpc) is 3.02. The van der Waals surface area contributed by atoms with E-state index >= 15 is 0 Å². The summed E-state index contributed by atoms with van der Waals surface area (Å²) in [6.07, 6.45) is 6.18. The third-order valence-corrected chi connectivity index (χ3v) is 3.37. The van der Waals surface area contributed by atoms with E-state index in [9.17, 15) is 4.79 Å². The Bertz CT molecular complexity index is 772. The van der Waals surface area contributed by atoms with Crippen LogP contribution >= 0.6 is 0 Å². The molecule has 0 spiro atoms. The molecule has 6 heteroatoms. The summed E-state index contributed by atoms with van der Waals surface area (Å²) in [7, 11) is 1.96. The van der Waals surface area contributed by atoms with Crippen LogP contribution in [0.2, 0.25) is 0 Å². The van der Waals surface area contributed by atoms with Crippen molar-refractivity contribution in [3.8, 4) is 0 Å². The number of imidazole rings is 2. The highest BCUT2D eigenvalue weighted by Gasteiger charge is 2.08. The highest BCUT2D eigenvalue weighted by molar-refractivity contribution is 5.92. The van der Waals surface area contributed by atoms with Gasteiger partial charge in [-0.1, -0.05) is 0 Å². The summed E-state index contributed by atoms with van der Waals surface area (Å²) in [5.74, 6) is 0.0602. The van der Waals surface area contributed by atoms with Gasteiger partial charge in [0.25, 0.3) is 0 Å². The third kappa shape index (κ3) is 2.16. The Morgan fingerprint density at radius 2 is 2.20 bits per heavy atom. The van der Waals surface area contributed by atoms with Crippen LogP contribution in [-0.2, 0) is 20.0 Å². The fourth-order valence-corrected chi connectivity index (χ4v) is 2.23. The number of nitrogens with zero attached hydrogens (tertiary/aromatic N) is 4. The molecule has 3 rings (SSSR count). The van der Waals surface area contributed by atoms with Crippen LogP contribution in [0.25, 0.3) is 11.0 Å². The molecular weight excluding hydrogens is 256 g/mol. The molecule has 1 N–H and O–H groups in total. The molecule has 0 saturated heterocycles. The van der Waals surface area contributed by atoms with E-state index < -0.39 is 5.97 Å². The Labute approximate surface area is 115 Å². The van der Waals surface area contributed by atoms with Crippen molar-refractivity contribution in [1.82, 2.24) is 19.1 Å². The lowest BCUT2D eigenvalue weighted by Gasteiger charge is -2.05. The number of carboxylic acids is 1. The lowest BCUT2D eigenvalue weighted by molar-refractivity contribution is 0.0697. The van der Waals surface area contributed by atoms with E-state index in [1.54, 1.807) is 30.7 Å². The molecule has 0 amide bonds. The van der Waals surface area contributed by atoms with Gasteiger partial charge < -0.3 is 14.2 Å². The summed E-state index contributed by atoms with van der Waals surface area (Å²) in [6.45, 7) is 0.713. The van der Waals surface area contributed by atoms with E-state index in [0.29, 0.717) is 6.54 Å². The number of benzene rings is 1. The summed E-state index contributed by atoms with van der Waals surface area (Å²) in [5, 5.41) is 9.05. The third-order valence-electron chi connectivity index (χ3n) is 3.37. The zero-order valence-electron chi connectivity index (χ0n) is 11.0. The predicted octanol–water partition coefficient (Wildman–Crippen LogP) is 1.71. The summed E-state index contributed by atoms with van der Waals surface area (Å²) >= 11 is 0. The molecule has 2 heterocycles. The lowest BCUT2D eigenvalue weighted by Crippen LogP contribution is -2.05. The van der Waals surface area contributed by atoms with Crippen LogP contribution in [0.4, 0.5) is 0 Å². The minimum Gasteiger partial charge on any atom is -0.478 e. The molecule has 0 radical (unpaired) electrons. The Balaban J connectivity index is 1.89. The van der Waals surface area contributed by atoms with E-state index in [2.05, 4.69) is 9.97 Å². The standard InChI is InChI=1S/C14H14N4O2/c1-17-7-5-15-13(17)4-6-18-9-16-11-3-2-10(14(19)20)8-12(11)18/h2-3,5,7-9H,4,6H2,1H3,(H,19,20). The molecule has 3 aromatic rings. The number of aromatic nitrogens is 4. The number of hydrogen-bond donors (Lipinski definition) is 1. The van der Waals surface area contributed by atoms with Gasteiger partial charge in [-0.05, 0) is 18.2 Å². The van der Waals surface area contributed by atoms with Gasteiger partial charge in [-0.3, -0.25) is 0 Å². The molecule has 0 bridgehead atoms. The molecule has 20 heavy (non-hydrogen) atoms. The molecule has 1 aromatic carbocycles. The molecule has 0 aliphatic rings. The molecule has 0 atom stereocenters. The first-order chi connectivity index (χ1) is 9.65. The topological polar surface area (TPSA) is 72.9 Å². The normalized spacial score (nSPS) is 11.1. The van der Waals surface area contributed by atoms with E-state index in [4.69, 9.17) is 5.11 Å². The van der Waals surface area contributed by atoms with Gasteiger partial charge in [0.1, 0.15) is 5.82 Å². The Morgan fingerprint density at radius 3 is 2.90 bits per heavy atom. The lowest BCUT2D eigenvalue weighted by atomic mass is 10.2. The molecule has 0 saturated carbocycles. The predicted molar refractivity (Wildman–Crippen MR) is 73.6 cm³/mol. The van der Waals surface area contributed by atoms with Crippen LogP contribution in [0.15, 0.2) is 36.9 Å². The van der Waals surface area contributed by atoms with Crippen LogP contribution < -0.4 is 0 Å². The molecule has 2 aromatic heterocycles. The largest absolute Gasteiger partial charge is 0.478 e. The number of aryl methyl sites for hydroxylation is 3. The number of fused-ring (bicyclic) bond motifs is 1. The van der Waals surface area contributed by atoms with Gasteiger partial charge in [0.2, 0.25) is 0 Å². The second kappa shape index (κ2) is 4.80. The average molecular weight is 270 g/mol. The summed E-state index contributed by atoms with van der Waals surface area (Å²) in [5.41, 5.74) is 1.91. The number of carbonyl (C=O) groups is 1. The molecule has 0 aliphatic carbocycles. The van der Waals surface area contributed by atoms with Crippen LogP contribution in [-0.4, -0.2) is 30.2 Å². The SMILES string of the molecule is Cn1ccnc1CCn1cnc2ccc(C(=O)O)cc21. The maximum Gasteiger partial charge on any atom is 0.335 e. The minimum absolute atomic E-state index is 0.274. The Morgan fingerprint density at radius 1 is 1.35 bits per heavy atom. The second-order valence-electron chi connectivity index (χ2n) is 4.65. The number of hydrogen-bond acceptors (Lipinski definition) is 3. The maximum absolute atomic E-state index is 11.0. The highest BCUT2D eigenvalue weighted by atomic mass is 16.4. The van der Waals surface area contributed by atoms with Crippen molar-refractivity contribution in [3.63, 3.8) is 0 Å². The van der Waals surface area contributed by atoms with Crippen molar-refractivity contribution in [2.45, 2.75) is 13.0 Å². The summed E-state index contributed by atoms with van der Waals surface area (Å²) < 4.78 is 3.93. The zero-order valence-corrected chi connectivity index (χ0v) is 11.0. The number of aromatic carboxylic acids is 1. The van der Waals surface area contributed by atoms with Crippen LogP contribution in [0, 0.1) is 0 Å². The summed E-state index contributed by atoms with van der Waals surface area (Å²) in [4.78, 5) is 19.6. The first-order valence-corrected chi connectivity index (χ1v) is 6.29. The second-order valence-corrected chi connectivity index (χ2v) is 4.65. The van der Waals surface area contributed by atoms with Gasteiger partial charge in [0, 0.05) is 32.4 Å². The van der Waals surface area contributed by atoms with Crippen molar-refractivity contribution < 1.29 is 9.90 Å². The first kappa shape index (κ1) is 12.4. The quantitative estimate of drug-likeness (QED) is 0.783. The molecule has 102 valence electrons. The van der Waals surface area contributed by atoms with Crippen molar-refractivity contribution in [3.05, 3.63) is 48.3 Å². The number of rotatable bonds is 4. The molecular formula is C14H14N4O2.